The van der Waals surface area contributed by atoms with Gasteiger partial charge in [-0.05, 0) is 49.6 Å². The second-order valence-corrected chi connectivity index (χ2v) is 7.45. The molecule has 0 spiro atoms. The number of benzene rings is 2. The lowest BCUT2D eigenvalue weighted by atomic mass is 10.1. The van der Waals surface area contributed by atoms with E-state index in [1.54, 1.807) is 19.0 Å². The minimum Gasteiger partial charge on any atom is -0.375 e. The van der Waals surface area contributed by atoms with E-state index in [1.165, 1.54) is 5.69 Å². The molecule has 0 heterocycles. The number of carbonyl (C=O) groups is 1. The van der Waals surface area contributed by atoms with Crippen LogP contribution >= 0.6 is 0 Å². The molecule has 0 fully saturated rings. The molecule has 0 unspecified atom stereocenters. The Labute approximate surface area is 181 Å². The predicted molar refractivity (Wildman–Crippen MR) is 126 cm³/mol. The van der Waals surface area contributed by atoms with Gasteiger partial charge >= 0.3 is 0 Å². The van der Waals surface area contributed by atoms with E-state index in [-0.39, 0.29) is 5.91 Å². The molecular weight excluding hydrogens is 374 g/mol. The number of para-hydroxylation sites is 1. The molecule has 0 bridgehead atoms. The number of anilines is 1. The van der Waals surface area contributed by atoms with E-state index in [4.69, 9.17) is 0 Å². The Morgan fingerprint density at radius 1 is 1.00 bits per heavy atom. The van der Waals surface area contributed by atoms with Crippen LogP contribution in [0.25, 0.3) is 0 Å². The smallest absolute Gasteiger partial charge is 0.253 e. The number of amides is 1. The molecule has 6 nitrogen and oxygen atoms in total. The van der Waals surface area contributed by atoms with Gasteiger partial charge in [-0.3, -0.25) is 9.79 Å². The first-order valence-electron chi connectivity index (χ1n) is 10.6. The van der Waals surface area contributed by atoms with Gasteiger partial charge < -0.3 is 20.4 Å². The van der Waals surface area contributed by atoms with Gasteiger partial charge in [0.2, 0.25) is 0 Å². The van der Waals surface area contributed by atoms with Gasteiger partial charge in [-0.1, -0.05) is 30.3 Å². The molecule has 0 aromatic heterocycles. The normalized spacial score (nSPS) is 11.1. The van der Waals surface area contributed by atoms with E-state index in [9.17, 15) is 4.79 Å². The van der Waals surface area contributed by atoms with Gasteiger partial charge in [-0.2, -0.15) is 0 Å². The van der Waals surface area contributed by atoms with Crippen molar-refractivity contribution < 1.29 is 4.79 Å². The summed E-state index contributed by atoms with van der Waals surface area (Å²) in [6.07, 6.45) is 1.81. The molecule has 2 aromatic carbocycles. The third kappa shape index (κ3) is 7.78. The van der Waals surface area contributed by atoms with Crippen molar-refractivity contribution in [2.45, 2.75) is 19.8 Å². The summed E-state index contributed by atoms with van der Waals surface area (Å²) < 4.78 is 0. The molecule has 30 heavy (non-hydrogen) atoms. The number of hydrogen-bond acceptors (Lipinski definition) is 3. The highest BCUT2D eigenvalue weighted by Gasteiger charge is 2.08. The first-order valence-corrected chi connectivity index (χ1v) is 10.6. The van der Waals surface area contributed by atoms with E-state index < -0.39 is 0 Å². The summed E-state index contributed by atoms with van der Waals surface area (Å²) in [4.78, 5) is 20.7. The van der Waals surface area contributed by atoms with Crippen LogP contribution in [0.15, 0.2) is 59.6 Å². The maximum absolute atomic E-state index is 12.1. The molecule has 2 rings (SSSR count). The van der Waals surface area contributed by atoms with Crippen molar-refractivity contribution in [1.82, 2.24) is 15.5 Å². The van der Waals surface area contributed by atoms with Gasteiger partial charge in [0.15, 0.2) is 5.96 Å². The number of guanidine groups is 1. The molecule has 0 saturated heterocycles. The highest BCUT2D eigenvalue weighted by molar-refractivity contribution is 5.94. The van der Waals surface area contributed by atoms with Crippen molar-refractivity contribution in [2.24, 2.45) is 4.99 Å². The van der Waals surface area contributed by atoms with Gasteiger partial charge in [-0.25, -0.2) is 0 Å². The van der Waals surface area contributed by atoms with Crippen molar-refractivity contribution in [3.63, 3.8) is 0 Å². The summed E-state index contributed by atoms with van der Waals surface area (Å²) in [7, 11) is 5.65. The summed E-state index contributed by atoms with van der Waals surface area (Å²) >= 11 is 0. The van der Waals surface area contributed by atoms with Crippen molar-refractivity contribution in [3.05, 3.63) is 65.7 Å². The molecule has 0 aliphatic carbocycles. The van der Waals surface area contributed by atoms with Crippen molar-refractivity contribution in [1.29, 1.82) is 0 Å². The summed E-state index contributed by atoms with van der Waals surface area (Å²) in [6.45, 7) is 5.37. The number of nitrogens with one attached hydrogen (secondary N) is 2. The van der Waals surface area contributed by atoms with Gasteiger partial charge in [0.25, 0.3) is 5.91 Å². The third-order valence-corrected chi connectivity index (χ3v) is 4.75. The Balaban J connectivity index is 1.79. The first kappa shape index (κ1) is 23.3. The van der Waals surface area contributed by atoms with Crippen LogP contribution < -0.4 is 15.5 Å². The predicted octanol–water partition coefficient (Wildman–Crippen LogP) is 3.01. The van der Waals surface area contributed by atoms with E-state index in [1.807, 2.05) is 24.3 Å². The third-order valence-electron chi connectivity index (χ3n) is 4.75. The number of rotatable bonds is 10. The lowest BCUT2D eigenvalue weighted by Crippen LogP contribution is -2.38. The number of aliphatic imine (C=N–C) groups is 1. The first-order chi connectivity index (χ1) is 14.5. The van der Waals surface area contributed by atoms with E-state index in [0.29, 0.717) is 0 Å². The Hall–Kier alpha value is -3.02. The maximum Gasteiger partial charge on any atom is 0.253 e. The van der Waals surface area contributed by atoms with Crippen molar-refractivity contribution in [3.8, 4) is 0 Å². The number of nitrogens with zero attached hydrogens (tertiary/aromatic N) is 3. The second kappa shape index (κ2) is 12.5. The Morgan fingerprint density at radius 3 is 2.47 bits per heavy atom. The standard InChI is InChI=1S/C24H35N5O/c1-5-25-24(26-16-10-18-29(4)22-13-7-6-8-14-22)27-17-15-20-11-9-12-21(19-20)23(30)28(2)3/h6-9,11-14,19H,5,10,15-18H2,1-4H3,(H2,25,26,27). The zero-order valence-electron chi connectivity index (χ0n) is 18.7. The van der Waals surface area contributed by atoms with Gasteiger partial charge in [0.05, 0.1) is 0 Å². The van der Waals surface area contributed by atoms with Crippen LogP contribution in [-0.2, 0) is 6.42 Å². The Bertz CT molecular complexity index is 804. The lowest BCUT2D eigenvalue weighted by Gasteiger charge is -2.18. The average Bonchev–Trinajstić information content (AvgIpc) is 2.76. The molecule has 2 aromatic rings. The van der Waals surface area contributed by atoms with Crippen molar-refractivity contribution >= 4 is 17.6 Å². The van der Waals surface area contributed by atoms with Gasteiger partial charge in [0.1, 0.15) is 0 Å². The topological polar surface area (TPSA) is 60.0 Å². The summed E-state index contributed by atoms with van der Waals surface area (Å²) in [5.41, 5.74) is 3.08. The minimum atomic E-state index is 0.0279. The molecule has 2 N–H and O–H groups in total. The highest BCUT2D eigenvalue weighted by atomic mass is 16.2. The van der Waals surface area contributed by atoms with E-state index in [2.05, 4.69) is 64.8 Å². The monoisotopic (exact) mass is 409 g/mol. The van der Waals surface area contributed by atoms with Gasteiger partial charge in [-0.15, -0.1) is 0 Å². The van der Waals surface area contributed by atoms with Crippen LogP contribution in [0.3, 0.4) is 0 Å². The highest BCUT2D eigenvalue weighted by Crippen LogP contribution is 2.11. The molecule has 0 aliphatic rings. The van der Waals surface area contributed by atoms with Crippen LogP contribution in [0.4, 0.5) is 5.69 Å². The molecule has 1 amide bonds. The fourth-order valence-electron chi connectivity index (χ4n) is 3.10. The average molecular weight is 410 g/mol. The Morgan fingerprint density at radius 2 is 1.77 bits per heavy atom. The molecule has 0 atom stereocenters. The second-order valence-electron chi connectivity index (χ2n) is 7.45. The molecular formula is C24H35N5O. The molecule has 0 radical (unpaired) electrons. The fraction of sp³-hybridized carbons (Fsp3) is 0.417. The summed E-state index contributed by atoms with van der Waals surface area (Å²) in [6, 6.07) is 18.2. The van der Waals surface area contributed by atoms with Crippen LogP contribution in [0, 0.1) is 0 Å². The molecule has 0 aliphatic heterocycles. The SMILES string of the molecule is CCNC(=NCCCN(C)c1ccccc1)NCCc1cccc(C(=O)N(C)C)c1. The number of hydrogen-bond donors (Lipinski definition) is 2. The minimum absolute atomic E-state index is 0.0279. The Kier molecular flexibility index (Phi) is 9.71. The fourth-order valence-corrected chi connectivity index (χ4v) is 3.10. The van der Waals surface area contributed by atoms with Crippen LogP contribution in [-0.4, -0.2) is 64.1 Å². The lowest BCUT2D eigenvalue weighted by molar-refractivity contribution is 0.0827. The largest absolute Gasteiger partial charge is 0.375 e. The summed E-state index contributed by atoms with van der Waals surface area (Å²) in [5.74, 6) is 0.862. The van der Waals surface area contributed by atoms with Crippen LogP contribution in [0.5, 0.6) is 0 Å². The van der Waals surface area contributed by atoms with E-state index in [0.717, 1.165) is 56.1 Å². The van der Waals surface area contributed by atoms with Gasteiger partial charge in [0, 0.05) is 58.6 Å². The van der Waals surface area contributed by atoms with Crippen LogP contribution in [0.1, 0.15) is 29.3 Å². The molecule has 0 saturated carbocycles. The number of carbonyl (C=O) groups excluding carboxylic acids is 1. The quantitative estimate of drug-likeness (QED) is 0.360. The molecule has 162 valence electrons. The molecule has 6 heteroatoms. The maximum atomic E-state index is 12.1. The zero-order chi connectivity index (χ0) is 21.8. The van der Waals surface area contributed by atoms with Crippen molar-refractivity contribution in [2.75, 3.05) is 52.2 Å². The summed E-state index contributed by atoms with van der Waals surface area (Å²) in [5, 5.41) is 6.69. The zero-order valence-corrected chi connectivity index (χ0v) is 18.7. The van der Waals surface area contributed by atoms with E-state index >= 15 is 0 Å². The van der Waals surface area contributed by atoms with Crippen LogP contribution in [0.2, 0.25) is 0 Å².